The van der Waals surface area contributed by atoms with Crippen LogP contribution in [0.1, 0.15) is 58.7 Å². The average Bonchev–Trinajstić information content (AvgIpc) is 3.39. The number of rotatable bonds is 13. The smallest absolute Gasteiger partial charge is 0.152 e. The second-order valence-corrected chi connectivity index (χ2v) is 9.20. The highest BCUT2D eigenvalue weighted by molar-refractivity contribution is 7.18. The fourth-order valence-corrected chi connectivity index (χ4v) is 4.70. The number of aromatic nitrogens is 3. The number of aryl methyl sites for hydroxylation is 1. The molecule has 0 unspecified atom stereocenters. The third kappa shape index (κ3) is 5.87. The Morgan fingerprint density at radius 2 is 2.00 bits per heavy atom. The van der Waals surface area contributed by atoms with Gasteiger partial charge >= 0.3 is 0 Å². The summed E-state index contributed by atoms with van der Waals surface area (Å²) in [6, 6.07) is 2.03. The molecule has 3 rings (SSSR count). The predicted octanol–water partition coefficient (Wildman–Crippen LogP) is 6.41. The summed E-state index contributed by atoms with van der Waals surface area (Å²) in [5.41, 5.74) is 11.5. The summed E-state index contributed by atoms with van der Waals surface area (Å²) in [4.78, 5) is 9.50. The molecule has 0 atom stereocenters. The van der Waals surface area contributed by atoms with Gasteiger partial charge in [-0.3, -0.25) is 0 Å². The molecule has 0 saturated carbocycles. The molecular weight excluding hydrogens is 414 g/mol. The van der Waals surface area contributed by atoms with E-state index in [1.807, 2.05) is 6.07 Å². The number of fused-ring (bicyclic) bond motifs is 3. The van der Waals surface area contributed by atoms with Crippen molar-refractivity contribution in [3.63, 3.8) is 0 Å². The van der Waals surface area contributed by atoms with Gasteiger partial charge in [0, 0.05) is 19.5 Å². The maximum Gasteiger partial charge on any atom is 0.152 e. The molecular formula is C26H37N5S. The molecule has 0 aliphatic carbocycles. The van der Waals surface area contributed by atoms with Gasteiger partial charge in [-0.15, -0.1) is 11.3 Å². The Labute approximate surface area is 196 Å². The van der Waals surface area contributed by atoms with Crippen molar-refractivity contribution >= 4 is 38.4 Å². The fourth-order valence-electron chi connectivity index (χ4n) is 3.81. The number of nitrogen functional groups attached to an aromatic ring is 1. The number of hydrogen-bond donors (Lipinski definition) is 2. The summed E-state index contributed by atoms with van der Waals surface area (Å²) in [5, 5.41) is 5.56. The molecule has 32 heavy (non-hydrogen) atoms. The van der Waals surface area contributed by atoms with Crippen molar-refractivity contribution in [3.05, 3.63) is 53.2 Å². The third-order valence-corrected chi connectivity index (χ3v) is 6.61. The summed E-state index contributed by atoms with van der Waals surface area (Å²) in [6.07, 6.45) is 13.4. The topological polar surface area (TPSA) is 68.8 Å². The van der Waals surface area contributed by atoms with E-state index >= 15 is 0 Å². The van der Waals surface area contributed by atoms with Crippen LogP contribution in [0.15, 0.2) is 47.4 Å². The number of thiophene rings is 1. The Kier molecular flexibility index (Phi) is 9.06. The van der Waals surface area contributed by atoms with Crippen LogP contribution in [0, 0.1) is 0 Å². The van der Waals surface area contributed by atoms with Crippen molar-refractivity contribution in [2.24, 2.45) is 0 Å². The van der Waals surface area contributed by atoms with Crippen molar-refractivity contribution in [3.8, 4) is 0 Å². The van der Waals surface area contributed by atoms with E-state index in [1.54, 1.807) is 11.3 Å². The largest absolute Gasteiger partial charge is 0.382 e. The van der Waals surface area contributed by atoms with E-state index in [0.29, 0.717) is 5.82 Å². The lowest BCUT2D eigenvalue weighted by atomic mass is 10.1. The molecule has 0 radical (unpaired) electrons. The first-order valence-electron chi connectivity index (χ1n) is 11.8. The summed E-state index contributed by atoms with van der Waals surface area (Å²) < 4.78 is 3.50. The summed E-state index contributed by atoms with van der Waals surface area (Å²) >= 11 is 1.71. The molecule has 5 nitrogen and oxygen atoms in total. The Morgan fingerprint density at radius 1 is 1.19 bits per heavy atom. The average molecular weight is 452 g/mol. The summed E-state index contributed by atoms with van der Waals surface area (Å²) in [7, 11) is 0. The first-order valence-corrected chi connectivity index (χ1v) is 12.7. The quantitative estimate of drug-likeness (QED) is 0.233. The molecule has 3 aromatic heterocycles. The van der Waals surface area contributed by atoms with Crippen LogP contribution in [0.3, 0.4) is 0 Å². The molecule has 3 N–H and O–H groups in total. The van der Waals surface area contributed by atoms with Gasteiger partial charge in [-0.1, -0.05) is 57.9 Å². The lowest BCUT2D eigenvalue weighted by Gasteiger charge is -2.11. The molecule has 0 bridgehead atoms. The number of anilines is 1. The number of imidazole rings is 1. The number of nitrogens with two attached hydrogens (primary N) is 1. The van der Waals surface area contributed by atoms with Gasteiger partial charge in [0.25, 0.3) is 0 Å². The summed E-state index contributed by atoms with van der Waals surface area (Å²) in [6.45, 7) is 13.4. The van der Waals surface area contributed by atoms with E-state index < -0.39 is 0 Å². The van der Waals surface area contributed by atoms with Gasteiger partial charge in [-0.2, -0.15) is 0 Å². The van der Waals surface area contributed by atoms with Crippen LogP contribution in [0.4, 0.5) is 5.82 Å². The monoisotopic (exact) mass is 451 g/mol. The fraction of sp³-hybridized carbons (Fsp3) is 0.462. The Hall–Kier alpha value is -2.44. The molecule has 0 amide bonds. The molecule has 3 heterocycles. The number of hydrogen-bond acceptors (Lipinski definition) is 5. The number of allylic oxidation sites excluding steroid dienone is 3. The minimum Gasteiger partial charge on any atom is -0.382 e. The van der Waals surface area contributed by atoms with Gasteiger partial charge in [0.1, 0.15) is 11.3 Å². The van der Waals surface area contributed by atoms with Gasteiger partial charge in [0.2, 0.25) is 0 Å². The van der Waals surface area contributed by atoms with Crippen LogP contribution in [-0.4, -0.2) is 27.6 Å². The zero-order chi connectivity index (χ0) is 22.9. The normalized spacial score (nSPS) is 12.5. The van der Waals surface area contributed by atoms with Crippen molar-refractivity contribution in [1.82, 2.24) is 19.9 Å². The van der Waals surface area contributed by atoms with Crippen LogP contribution in [0.25, 0.3) is 21.3 Å². The highest BCUT2D eigenvalue weighted by Crippen LogP contribution is 2.33. The van der Waals surface area contributed by atoms with Crippen molar-refractivity contribution in [1.29, 1.82) is 0 Å². The van der Waals surface area contributed by atoms with Crippen LogP contribution >= 0.6 is 11.3 Å². The lowest BCUT2D eigenvalue weighted by Crippen LogP contribution is -2.17. The number of pyridine rings is 1. The van der Waals surface area contributed by atoms with Gasteiger partial charge in [0.05, 0.1) is 15.7 Å². The summed E-state index contributed by atoms with van der Waals surface area (Å²) in [5.74, 6) is 1.60. The Balaban J connectivity index is 1.83. The van der Waals surface area contributed by atoms with Gasteiger partial charge < -0.3 is 15.6 Å². The molecule has 3 aromatic rings. The van der Waals surface area contributed by atoms with E-state index in [4.69, 9.17) is 10.7 Å². The van der Waals surface area contributed by atoms with Crippen LogP contribution in [0.5, 0.6) is 0 Å². The number of nitrogens with one attached hydrogen (secondary N) is 1. The van der Waals surface area contributed by atoms with Crippen LogP contribution in [0.2, 0.25) is 0 Å². The Bertz CT molecular complexity index is 1100. The number of unbranched alkanes of at least 4 members (excludes halogenated alkanes) is 3. The third-order valence-electron chi connectivity index (χ3n) is 5.70. The Morgan fingerprint density at radius 3 is 2.75 bits per heavy atom. The highest BCUT2D eigenvalue weighted by atomic mass is 32.1. The molecule has 172 valence electrons. The predicted molar refractivity (Wildman–Crippen MR) is 140 cm³/mol. The van der Waals surface area contributed by atoms with Gasteiger partial charge in [-0.05, 0) is 48.9 Å². The van der Waals surface area contributed by atoms with E-state index in [1.165, 1.54) is 24.8 Å². The maximum atomic E-state index is 6.30. The van der Waals surface area contributed by atoms with Gasteiger partial charge in [-0.25, -0.2) is 9.97 Å². The minimum atomic E-state index is 0.516. The molecule has 0 saturated heterocycles. The van der Waals surface area contributed by atoms with Crippen LogP contribution in [-0.2, 0) is 13.0 Å². The first kappa shape index (κ1) is 24.2. The van der Waals surface area contributed by atoms with Crippen molar-refractivity contribution < 1.29 is 0 Å². The highest BCUT2D eigenvalue weighted by Gasteiger charge is 2.18. The second kappa shape index (κ2) is 12.0. The minimum absolute atomic E-state index is 0.516. The zero-order valence-corrected chi connectivity index (χ0v) is 20.6. The van der Waals surface area contributed by atoms with E-state index in [9.17, 15) is 0 Å². The van der Waals surface area contributed by atoms with Crippen LogP contribution < -0.4 is 11.1 Å². The van der Waals surface area contributed by atoms with Crippen molar-refractivity contribution in [2.45, 2.75) is 65.8 Å². The lowest BCUT2D eigenvalue weighted by molar-refractivity contribution is 0.642. The molecule has 6 heteroatoms. The SMILES string of the molecule is C=C(/C=C\C(=C/C)Cn1c(CCCC)nc2c(N)nc3ccsc3c21)CNCCCCC. The zero-order valence-electron chi connectivity index (χ0n) is 19.8. The maximum absolute atomic E-state index is 6.30. The van der Waals surface area contributed by atoms with Gasteiger partial charge in [0.15, 0.2) is 5.82 Å². The number of nitrogens with zero attached hydrogens (tertiary/aromatic N) is 3. The second-order valence-electron chi connectivity index (χ2n) is 8.29. The van der Waals surface area contributed by atoms with E-state index in [-0.39, 0.29) is 0 Å². The standard InChI is InChI=1S/C26H37N5S/c1-5-8-10-15-28-17-19(4)12-13-20(7-3)18-31-22(11-9-6-2)30-23-24(31)25-21(14-16-32-25)29-26(23)27/h7,12-14,16,28H,4-6,8-11,15,17-18H2,1-3H3,(H2,27,29)/b13-12-,20-7+. The molecule has 0 spiro atoms. The molecule has 0 aliphatic rings. The van der Waals surface area contributed by atoms with E-state index in [0.717, 1.165) is 71.5 Å². The van der Waals surface area contributed by atoms with Crippen molar-refractivity contribution in [2.75, 3.05) is 18.8 Å². The first-order chi connectivity index (χ1) is 15.6. The molecule has 0 fully saturated rings. The molecule has 0 aromatic carbocycles. The molecule has 0 aliphatic heterocycles. The van der Waals surface area contributed by atoms with E-state index in [2.05, 4.69) is 65.8 Å².